The Morgan fingerprint density at radius 2 is 1.08 bits per heavy atom. The first-order valence-corrected chi connectivity index (χ1v) is 19.3. The van der Waals surface area contributed by atoms with E-state index < -0.39 is 30.3 Å². The molecule has 1 N–H and O–H groups in total. The second kappa shape index (κ2) is 16.4. The molecule has 0 fully saturated rings. The molecule has 2 aromatic heterocycles. The van der Waals surface area contributed by atoms with Gasteiger partial charge in [0.2, 0.25) is 0 Å². The second-order valence-electron chi connectivity index (χ2n) is 13.7. The van der Waals surface area contributed by atoms with Crippen molar-refractivity contribution in [2.75, 3.05) is 52.4 Å². The Labute approximate surface area is 304 Å². The summed E-state index contributed by atoms with van der Waals surface area (Å²) < 4.78 is 58.4. The summed E-state index contributed by atoms with van der Waals surface area (Å²) in [5, 5.41) is 3.22. The Morgan fingerprint density at radius 3 is 1.42 bits per heavy atom. The van der Waals surface area contributed by atoms with Crippen molar-refractivity contribution in [1.29, 1.82) is 0 Å². The van der Waals surface area contributed by atoms with Crippen LogP contribution in [0.15, 0.2) is 81.1 Å². The van der Waals surface area contributed by atoms with Crippen molar-refractivity contribution in [3.8, 4) is 0 Å². The second-order valence-corrected chi connectivity index (χ2v) is 18.1. The predicted octanol–water partition coefficient (Wildman–Crippen LogP) is 4.20. The summed E-state index contributed by atoms with van der Waals surface area (Å²) in [7, 11) is -2.27. The highest BCUT2D eigenvalue weighted by Gasteiger charge is 2.39. The predicted molar refractivity (Wildman–Crippen MR) is 190 cm³/mol. The van der Waals surface area contributed by atoms with Crippen molar-refractivity contribution in [3.63, 3.8) is 0 Å². The summed E-state index contributed by atoms with van der Waals surface area (Å²) in [5.41, 5.74) is 3.73. The molecule has 2 amide bonds. The van der Waals surface area contributed by atoms with E-state index in [1.54, 1.807) is 34.1 Å². The average molecular weight is 776 g/mol. The molecule has 2 aromatic rings. The zero-order chi connectivity index (χ0) is 36.2. The zero-order valence-electron chi connectivity index (χ0n) is 28.9. The van der Waals surface area contributed by atoms with E-state index in [1.807, 2.05) is 41.5 Å². The standard InChI is InChI=1S/C16H21N3O4S.C11H18N2O2.C5H4ClNO2S.ClH/c1-16(2,3)23-15(20)18-8-12-10-19(11-13(12)9-18)24(21,22)14-6-4-5-7-17-14;1-11(2,3)15-10(14)13-6-8-4-12-5-9(8)7-13;6-10(8,9)5-3-1-2-4-7-5;/h4-7H,8-11H2,1-3H3;12H,4-7H2,1-3H3;1-4H;1H. The lowest BCUT2D eigenvalue weighted by atomic mass is 10.2. The lowest BCUT2D eigenvalue weighted by Gasteiger charge is -2.26. The van der Waals surface area contributed by atoms with Crippen molar-refractivity contribution in [2.45, 2.75) is 62.8 Å². The number of ether oxygens (including phenoxy) is 2. The molecule has 0 saturated carbocycles. The first-order chi connectivity index (χ1) is 22.7. The zero-order valence-corrected chi connectivity index (χ0v) is 32.1. The molecule has 0 spiro atoms. The van der Waals surface area contributed by atoms with E-state index in [4.69, 9.17) is 20.2 Å². The molecule has 4 aliphatic heterocycles. The highest BCUT2D eigenvalue weighted by Crippen LogP contribution is 2.30. The van der Waals surface area contributed by atoms with Crippen LogP contribution in [0.2, 0.25) is 0 Å². The van der Waals surface area contributed by atoms with Crippen LogP contribution in [0.1, 0.15) is 41.5 Å². The van der Waals surface area contributed by atoms with Gasteiger partial charge >= 0.3 is 12.2 Å². The van der Waals surface area contributed by atoms with E-state index in [2.05, 4.69) is 15.3 Å². The Kier molecular flexibility index (Phi) is 13.5. The third-order valence-electron chi connectivity index (χ3n) is 7.37. The highest BCUT2D eigenvalue weighted by molar-refractivity contribution is 8.13. The van der Waals surface area contributed by atoms with Gasteiger partial charge in [0, 0.05) is 75.4 Å². The average Bonchev–Trinajstić information content (AvgIpc) is 3.78. The number of carbonyl (C=O) groups is 2. The van der Waals surface area contributed by atoms with Crippen molar-refractivity contribution in [3.05, 3.63) is 71.1 Å². The van der Waals surface area contributed by atoms with Crippen LogP contribution in [0.5, 0.6) is 0 Å². The maximum absolute atomic E-state index is 12.6. The van der Waals surface area contributed by atoms with Crippen LogP contribution in [0.25, 0.3) is 0 Å². The molecule has 276 valence electrons. The highest BCUT2D eigenvalue weighted by atomic mass is 35.7. The number of nitrogens with zero attached hydrogens (tertiary/aromatic N) is 5. The van der Waals surface area contributed by atoms with E-state index in [-0.39, 0.29) is 34.6 Å². The summed E-state index contributed by atoms with van der Waals surface area (Å²) in [5.74, 6) is 0. The minimum absolute atomic E-state index is 0. The van der Waals surface area contributed by atoms with Crippen LogP contribution < -0.4 is 5.32 Å². The summed E-state index contributed by atoms with van der Waals surface area (Å²) in [6.07, 6.45) is 2.27. The van der Waals surface area contributed by atoms with Gasteiger partial charge in [0.05, 0.1) is 0 Å². The molecule has 0 bridgehead atoms. The third-order valence-corrected chi connectivity index (χ3v) is 10.3. The van der Waals surface area contributed by atoms with Gasteiger partial charge in [-0.15, -0.1) is 12.4 Å². The smallest absolute Gasteiger partial charge is 0.410 e. The number of hydrogen-bond donors (Lipinski definition) is 1. The van der Waals surface area contributed by atoms with Crippen molar-refractivity contribution >= 4 is 54.4 Å². The number of amides is 2. The SMILES string of the molecule is CC(C)(C)OC(=O)N1CC2=C(C1)CN(S(=O)(=O)c1ccccn1)C2.CC(C)(C)OC(=O)N1CC2=C(CNC2)C1.Cl.O=S(=O)(Cl)c1ccccn1. The molecule has 0 radical (unpaired) electrons. The fraction of sp³-hybridized carbons (Fsp3) is 0.500. The largest absolute Gasteiger partial charge is 0.444 e. The van der Waals surface area contributed by atoms with Crippen molar-refractivity contribution < 1.29 is 35.9 Å². The molecule has 50 heavy (non-hydrogen) atoms. The number of rotatable bonds is 3. The number of nitrogens with one attached hydrogen (secondary N) is 1. The number of aromatic nitrogens is 2. The first kappa shape index (κ1) is 41.1. The number of pyridine rings is 2. The topological polar surface area (TPSA) is 168 Å². The summed E-state index contributed by atoms with van der Waals surface area (Å²) in [6.45, 7) is 15.9. The normalized spacial score (nSPS) is 17.6. The maximum Gasteiger partial charge on any atom is 0.410 e. The van der Waals surface area contributed by atoms with Crippen LogP contribution in [-0.4, -0.2) is 117 Å². The minimum Gasteiger partial charge on any atom is -0.444 e. The Balaban J connectivity index is 0.000000222. The molecule has 14 nitrogen and oxygen atoms in total. The summed E-state index contributed by atoms with van der Waals surface area (Å²) in [6, 6.07) is 9.34. The molecular weight excluding hydrogens is 731 g/mol. The Hall–Kier alpha value is -3.28. The van der Waals surface area contributed by atoms with Crippen molar-refractivity contribution in [1.82, 2.24) is 29.4 Å². The minimum atomic E-state index is -3.64. The van der Waals surface area contributed by atoms with E-state index in [0.717, 1.165) is 37.3 Å². The quantitative estimate of drug-likeness (QED) is 0.351. The van der Waals surface area contributed by atoms with Crippen LogP contribution in [0.3, 0.4) is 0 Å². The molecule has 0 aliphatic carbocycles. The molecule has 0 atom stereocenters. The van der Waals surface area contributed by atoms with Gasteiger partial charge in [0.25, 0.3) is 19.1 Å². The Morgan fingerprint density at radius 1 is 0.680 bits per heavy atom. The van der Waals surface area contributed by atoms with Gasteiger partial charge in [0.15, 0.2) is 10.1 Å². The number of halogens is 2. The molecule has 0 aromatic carbocycles. The van der Waals surface area contributed by atoms with Gasteiger partial charge in [-0.1, -0.05) is 12.1 Å². The van der Waals surface area contributed by atoms with E-state index in [1.165, 1.54) is 40.0 Å². The van der Waals surface area contributed by atoms with Crippen molar-refractivity contribution in [2.24, 2.45) is 0 Å². The molecule has 18 heteroatoms. The molecule has 6 heterocycles. The number of carbonyl (C=O) groups excluding carboxylic acids is 2. The number of sulfonamides is 1. The molecule has 4 aliphatic rings. The van der Waals surface area contributed by atoms with Crippen LogP contribution in [0.4, 0.5) is 9.59 Å². The maximum atomic E-state index is 12.6. The van der Waals surface area contributed by atoms with E-state index >= 15 is 0 Å². The third kappa shape index (κ3) is 11.4. The van der Waals surface area contributed by atoms with Crippen LogP contribution in [-0.2, 0) is 28.5 Å². The fourth-order valence-corrected chi connectivity index (χ4v) is 7.28. The van der Waals surface area contributed by atoms with Gasteiger partial charge in [0.1, 0.15) is 11.2 Å². The monoisotopic (exact) mass is 774 g/mol. The molecule has 6 rings (SSSR count). The van der Waals surface area contributed by atoms with Gasteiger partial charge in [-0.2, -0.15) is 4.31 Å². The molecular formula is C32H44Cl2N6O8S2. The Bertz CT molecular complexity index is 1780. The summed E-state index contributed by atoms with van der Waals surface area (Å²) in [4.78, 5) is 34.7. The van der Waals surface area contributed by atoms with Crippen LogP contribution in [0, 0.1) is 0 Å². The van der Waals surface area contributed by atoms with Gasteiger partial charge in [-0.05, 0) is 88.1 Å². The van der Waals surface area contributed by atoms with E-state index in [9.17, 15) is 26.4 Å². The van der Waals surface area contributed by atoms with Crippen LogP contribution >= 0.6 is 23.1 Å². The van der Waals surface area contributed by atoms with Gasteiger partial charge < -0.3 is 24.6 Å². The lowest BCUT2D eigenvalue weighted by Crippen LogP contribution is -2.39. The number of hydrogen-bond acceptors (Lipinski definition) is 11. The first-order valence-electron chi connectivity index (χ1n) is 15.6. The molecule has 0 saturated heterocycles. The van der Waals surface area contributed by atoms with Gasteiger partial charge in [-0.25, -0.2) is 36.4 Å². The fourth-order valence-electron chi connectivity index (χ4n) is 5.22. The summed E-state index contributed by atoms with van der Waals surface area (Å²) >= 11 is 0. The molecule has 0 unspecified atom stereocenters. The lowest BCUT2D eigenvalue weighted by molar-refractivity contribution is 0.0286. The van der Waals surface area contributed by atoms with E-state index in [0.29, 0.717) is 26.2 Å². The van der Waals surface area contributed by atoms with Gasteiger partial charge in [-0.3, -0.25) is 0 Å².